The van der Waals surface area contributed by atoms with E-state index in [4.69, 9.17) is 0 Å². The Kier molecular flexibility index (Phi) is 1.44. The topological polar surface area (TPSA) is 0 Å². The monoisotopic (exact) mass is 160 g/mol. The normalized spacial score (nSPS) is 44.0. The van der Waals surface area contributed by atoms with Crippen LogP contribution in [-0.4, -0.2) is 0 Å². The quantitative estimate of drug-likeness (QED) is 0.552. The molecule has 0 aromatic carbocycles. The van der Waals surface area contributed by atoms with E-state index >= 15 is 0 Å². The van der Waals surface area contributed by atoms with Crippen LogP contribution in [-0.2, 0) is 0 Å². The highest BCUT2D eigenvalue weighted by molar-refractivity contribution is 5.27. The first-order chi connectivity index (χ1) is 5.93. The predicted molar refractivity (Wildman–Crippen MR) is 50.8 cm³/mol. The highest BCUT2D eigenvalue weighted by atomic mass is 14.5. The third kappa shape index (κ3) is 0.903. The van der Waals surface area contributed by atoms with Crippen LogP contribution < -0.4 is 0 Å². The van der Waals surface area contributed by atoms with E-state index < -0.39 is 0 Å². The second-order valence-electron chi connectivity index (χ2n) is 4.66. The van der Waals surface area contributed by atoms with Crippen molar-refractivity contribution >= 4 is 0 Å². The van der Waals surface area contributed by atoms with Gasteiger partial charge in [0.15, 0.2) is 0 Å². The van der Waals surface area contributed by atoms with E-state index in [-0.39, 0.29) is 0 Å². The van der Waals surface area contributed by atoms with E-state index in [1.165, 1.54) is 25.7 Å². The molecule has 64 valence electrons. The van der Waals surface area contributed by atoms with E-state index in [1.807, 2.05) is 0 Å². The SMILES string of the molecule is C1=CCC([C@@H]2C[C@@H]3CC[C@@H]2C3)=C1. The molecular formula is C12H16. The molecule has 0 heteroatoms. The highest BCUT2D eigenvalue weighted by Crippen LogP contribution is 2.51. The van der Waals surface area contributed by atoms with Gasteiger partial charge in [0, 0.05) is 0 Å². The molecule has 2 saturated carbocycles. The van der Waals surface area contributed by atoms with Gasteiger partial charge >= 0.3 is 0 Å². The van der Waals surface area contributed by atoms with Gasteiger partial charge in [0.05, 0.1) is 0 Å². The number of fused-ring (bicyclic) bond motifs is 2. The lowest BCUT2D eigenvalue weighted by Crippen LogP contribution is -2.11. The number of hydrogen-bond donors (Lipinski definition) is 0. The molecule has 3 aliphatic rings. The smallest absolute Gasteiger partial charge is 0.0130 e. The summed E-state index contributed by atoms with van der Waals surface area (Å²) in [4.78, 5) is 0. The summed E-state index contributed by atoms with van der Waals surface area (Å²) in [6.45, 7) is 0. The van der Waals surface area contributed by atoms with Gasteiger partial charge in [-0.2, -0.15) is 0 Å². The molecule has 0 aromatic rings. The number of rotatable bonds is 1. The van der Waals surface area contributed by atoms with Gasteiger partial charge in [-0.3, -0.25) is 0 Å². The fraction of sp³-hybridized carbons (Fsp3) is 0.667. The molecule has 0 unspecified atom stereocenters. The van der Waals surface area contributed by atoms with Crippen molar-refractivity contribution in [2.45, 2.75) is 32.1 Å². The van der Waals surface area contributed by atoms with Crippen LogP contribution in [0.5, 0.6) is 0 Å². The maximum absolute atomic E-state index is 2.37. The van der Waals surface area contributed by atoms with Crippen molar-refractivity contribution in [1.82, 2.24) is 0 Å². The fourth-order valence-electron chi connectivity index (χ4n) is 3.44. The minimum absolute atomic E-state index is 0.985. The molecule has 0 nitrogen and oxygen atoms in total. The third-order valence-electron chi connectivity index (χ3n) is 4.01. The van der Waals surface area contributed by atoms with Gasteiger partial charge in [-0.15, -0.1) is 0 Å². The first-order valence-electron chi connectivity index (χ1n) is 5.29. The Morgan fingerprint density at radius 2 is 2.17 bits per heavy atom. The van der Waals surface area contributed by atoms with Crippen molar-refractivity contribution in [3.63, 3.8) is 0 Å². The van der Waals surface area contributed by atoms with Gasteiger partial charge in [0.1, 0.15) is 0 Å². The summed E-state index contributed by atoms with van der Waals surface area (Å²) in [6.07, 6.45) is 14.3. The van der Waals surface area contributed by atoms with Crippen LogP contribution in [0.4, 0.5) is 0 Å². The molecule has 0 aromatic heterocycles. The average Bonchev–Trinajstić information content (AvgIpc) is 2.81. The summed E-state index contributed by atoms with van der Waals surface area (Å²) < 4.78 is 0. The second-order valence-corrected chi connectivity index (χ2v) is 4.66. The Morgan fingerprint density at radius 3 is 2.75 bits per heavy atom. The van der Waals surface area contributed by atoms with Gasteiger partial charge in [-0.25, -0.2) is 0 Å². The molecular weight excluding hydrogens is 144 g/mol. The van der Waals surface area contributed by atoms with E-state index in [2.05, 4.69) is 18.2 Å². The van der Waals surface area contributed by atoms with Crippen LogP contribution in [0.25, 0.3) is 0 Å². The predicted octanol–water partition coefficient (Wildman–Crippen LogP) is 3.31. The maximum Gasteiger partial charge on any atom is -0.0130 e. The van der Waals surface area contributed by atoms with Crippen molar-refractivity contribution in [3.05, 3.63) is 23.8 Å². The van der Waals surface area contributed by atoms with Crippen molar-refractivity contribution in [1.29, 1.82) is 0 Å². The molecule has 3 atom stereocenters. The van der Waals surface area contributed by atoms with Crippen molar-refractivity contribution < 1.29 is 0 Å². The Bertz CT molecular complexity index is 247. The molecule has 2 bridgehead atoms. The summed E-state index contributed by atoms with van der Waals surface area (Å²) in [5.74, 6) is 3.15. The highest BCUT2D eigenvalue weighted by Gasteiger charge is 2.40. The molecule has 0 radical (unpaired) electrons. The lowest BCUT2D eigenvalue weighted by Gasteiger charge is -2.22. The molecule has 0 aliphatic heterocycles. The lowest BCUT2D eigenvalue weighted by molar-refractivity contribution is 0.375. The van der Waals surface area contributed by atoms with E-state index in [0.29, 0.717) is 0 Å². The summed E-state index contributed by atoms with van der Waals surface area (Å²) in [5.41, 5.74) is 1.74. The van der Waals surface area contributed by atoms with Gasteiger partial charge < -0.3 is 0 Å². The zero-order valence-electron chi connectivity index (χ0n) is 7.50. The summed E-state index contributed by atoms with van der Waals surface area (Å²) in [5, 5.41) is 0. The van der Waals surface area contributed by atoms with Crippen LogP contribution in [0.15, 0.2) is 23.8 Å². The Balaban J connectivity index is 1.78. The van der Waals surface area contributed by atoms with Crippen LogP contribution in [0.1, 0.15) is 32.1 Å². The largest absolute Gasteiger partial charge is 0.0805 e. The molecule has 12 heavy (non-hydrogen) atoms. The molecule has 0 saturated heterocycles. The van der Waals surface area contributed by atoms with E-state index in [1.54, 1.807) is 12.0 Å². The van der Waals surface area contributed by atoms with Crippen LogP contribution in [0.2, 0.25) is 0 Å². The number of allylic oxidation sites excluding steroid dienone is 4. The van der Waals surface area contributed by atoms with Crippen molar-refractivity contribution in [3.8, 4) is 0 Å². The molecule has 0 amide bonds. The molecule has 0 N–H and O–H groups in total. The summed E-state index contributed by atoms with van der Waals surface area (Å²) in [7, 11) is 0. The lowest BCUT2D eigenvalue weighted by atomic mass is 9.83. The maximum atomic E-state index is 2.37. The minimum atomic E-state index is 0.985. The van der Waals surface area contributed by atoms with Crippen LogP contribution in [0.3, 0.4) is 0 Å². The van der Waals surface area contributed by atoms with Gasteiger partial charge in [-0.05, 0) is 43.4 Å². The minimum Gasteiger partial charge on any atom is -0.0805 e. The fourth-order valence-corrected chi connectivity index (χ4v) is 3.44. The summed E-state index contributed by atoms with van der Waals surface area (Å²) in [6, 6.07) is 0. The molecule has 3 rings (SSSR count). The zero-order valence-corrected chi connectivity index (χ0v) is 7.50. The first kappa shape index (κ1) is 6.94. The number of hydrogen-bond acceptors (Lipinski definition) is 0. The van der Waals surface area contributed by atoms with E-state index in [0.717, 1.165) is 17.8 Å². The first-order valence-corrected chi connectivity index (χ1v) is 5.29. The van der Waals surface area contributed by atoms with E-state index in [9.17, 15) is 0 Å². The molecule has 3 aliphatic carbocycles. The Morgan fingerprint density at radius 1 is 1.17 bits per heavy atom. The Hall–Kier alpha value is -0.520. The van der Waals surface area contributed by atoms with Crippen LogP contribution >= 0.6 is 0 Å². The second kappa shape index (κ2) is 2.48. The van der Waals surface area contributed by atoms with Crippen LogP contribution in [0, 0.1) is 17.8 Å². The van der Waals surface area contributed by atoms with Crippen molar-refractivity contribution in [2.24, 2.45) is 17.8 Å². The van der Waals surface area contributed by atoms with Gasteiger partial charge in [0.2, 0.25) is 0 Å². The average molecular weight is 160 g/mol. The molecule has 0 spiro atoms. The summed E-state index contributed by atoms with van der Waals surface area (Å²) >= 11 is 0. The van der Waals surface area contributed by atoms with Gasteiger partial charge in [-0.1, -0.05) is 30.2 Å². The van der Waals surface area contributed by atoms with Gasteiger partial charge in [0.25, 0.3) is 0 Å². The zero-order chi connectivity index (χ0) is 7.97. The standard InChI is InChI=1S/C12H16/c1-2-4-10(3-1)12-8-9-5-6-11(12)7-9/h1-3,9,11-12H,4-8H2/t9-,11-,12+/m1/s1. The van der Waals surface area contributed by atoms with Crippen molar-refractivity contribution in [2.75, 3.05) is 0 Å². The Labute approximate surface area is 74.4 Å². The molecule has 0 heterocycles. The third-order valence-corrected chi connectivity index (χ3v) is 4.01. The molecule has 2 fully saturated rings.